The van der Waals surface area contributed by atoms with Gasteiger partial charge in [-0.2, -0.15) is 0 Å². The minimum atomic E-state index is -3.66. The van der Waals surface area contributed by atoms with Crippen molar-refractivity contribution < 1.29 is 27.2 Å². The molecule has 0 radical (unpaired) electrons. The average molecular weight is 588 g/mol. The van der Waals surface area contributed by atoms with Crippen molar-refractivity contribution in [3.05, 3.63) is 46.7 Å². The summed E-state index contributed by atoms with van der Waals surface area (Å²) in [5.74, 6) is 0.0944. The predicted molar refractivity (Wildman–Crippen MR) is 162 cm³/mol. The molecule has 3 rings (SSSR count). The second kappa shape index (κ2) is 16.1. The molecule has 9 nitrogen and oxygen atoms in total. The van der Waals surface area contributed by atoms with Gasteiger partial charge in [-0.1, -0.05) is 0 Å². The molecule has 2 heterocycles. The zero-order valence-corrected chi connectivity index (χ0v) is 25.9. The van der Waals surface area contributed by atoms with Crippen LogP contribution in [-0.2, 0) is 27.8 Å². The van der Waals surface area contributed by atoms with Gasteiger partial charge >= 0.3 is 232 Å². The van der Waals surface area contributed by atoms with Crippen molar-refractivity contribution >= 4 is 28.7 Å². The van der Waals surface area contributed by atoms with Crippen molar-refractivity contribution in [1.82, 2.24) is 14.9 Å². The summed E-state index contributed by atoms with van der Waals surface area (Å²) in [5, 5.41) is 2.33. The molecule has 1 atom stereocenters. The third kappa shape index (κ3) is 9.99. The van der Waals surface area contributed by atoms with Gasteiger partial charge in [-0.3, -0.25) is 0 Å². The van der Waals surface area contributed by atoms with Crippen LogP contribution in [0.25, 0.3) is 0 Å². The fourth-order valence-corrected chi connectivity index (χ4v) is 5.76. The molecule has 11 heteroatoms. The Morgan fingerprint density at radius 1 is 1.15 bits per heavy atom. The van der Waals surface area contributed by atoms with Crippen LogP contribution in [0.4, 0.5) is 0 Å². The van der Waals surface area contributed by atoms with E-state index in [1.165, 1.54) is 39.5 Å². The molecule has 1 aromatic carbocycles. The minimum absolute atomic E-state index is 0.0358. The number of hydrogen-bond acceptors (Lipinski definition) is 7. The molecule has 1 aromatic heterocycles. The van der Waals surface area contributed by atoms with Gasteiger partial charge in [-0.15, -0.1) is 0 Å². The van der Waals surface area contributed by atoms with Crippen molar-refractivity contribution in [1.29, 1.82) is 0 Å². The summed E-state index contributed by atoms with van der Waals surface area (Å²) < 4.78 is 37.6. The van der Waals surface area contributed by atoms with E-state index < -0.39 is 21.2 Å². The maximum absolute atomic E-state index is 12.7. The van der Waals surface area contributed by atoms with Crippen molar-refractivity contribution in [2.24, 2.45) is 0 Å². The normalized spacial score (nSPS) is 15.7. The Kier molecular flexibility index (Phi) is 12.9. The Balaban J connectivity index is 1.61. The number of carbonyl (C=O) groups excluding carboxylic acids is 2. The molecular formula is C30H46BN3O6S. The number of likely N-dealkylation sites (tertiary alicyclic amines) is 1. The quantitative estimate of drug-likeness (QED) is 0.254. The van der Waals surface area contributed by atoms with Crippen LogP contribution >= 0.6 is 0 Å². The Labute approximate surface area is 246 Å². The first-order valence-corrected chi connectivity index (χ1v) is 16.5. The predicted octanol–water partition coefficient (Wildman–Crippen LogP) is 4.84. The average Bonchev–Trinajstić information content (AvgIpc) is 3.61. The van der Waals surface area contributed by atoms with Crippen molar-refractivity contribution in [3.63, 3.8) is 0 Å². The van der Waals surface area contributed by atoms with Crippen LogP contribution in [0.2, 0.25) is 0 Å². The Morgan fingerprint density at radius 2 is 1.90 bits per heavy atom. The number of methoxy groups -OCH3 is 1. The zero-order chi connectivity index (χ0) is 29.8. The van der Waals surface area contributed by atoms with Crippen LogP contribution in [0.1, 0.15) is 112 Å². The number of ether oxygens (including phenoxy) is 1. The summed E-state index contributed by atoms with van der Waals surface area (Å²) in [4.78, 5) is 27.4. The summed E-state index contributed by atoms with van der Waals surface area (Å²) >= 11 is 0. The summed E-state index contributed by atoms with van der Waals surface area (Å²) in [6, 6.07) is 5.79. The van der Waals surface area contributed by atoms with Gasteiger partial charge in [-0.05, 0) is 13.8 Å². The molecule has 1 aliphatic rings. The van der Waals surface area contributed by atoms with Gasteiger partial charge < -0.3 is 0 Å². The molecule has 226 valence electrons. The number of aryl methyl sites for hydroxylation is 1. The molecule has 0 bridgehead atoms. The molecule has 0 unspecified atom stereocenters. The fraction of sp³-hybridized carbons (Fsp3) is 0.633. The van der Waals surface area contributed by atoms with Gasteiger partial charge in [0.25, 0.3) is 0 Å². The molecular weight excluding hydrogens is 541 g/mol. The van der Waals surface area contributed by atoms with Crippen LogP contribution in [0.15, 0.2) is 28.9 Å². The third-order valence-corrected chi connectivity index (χ3v) is 9.43. The first-order chi connectivity index (χ1) is 19.6. The van der Waals surface area contributed by atoms with Crippen LogP contribution in [0.5, 0.6) is 5.75 Å². The van der Waals surface area contributed by atoms with Gasteiger partial charge in [0.1, 0.15) is 0 Å². The van der Waals surface area contributed by atoms with Crippen LogP contribution < -0.4 is 14.8 Å². The number of unbranched alkanes of at least 4 members (excludes halogenated alkanes) is 5. The van der Waals surface area contributed by atoms with Crippen molar-refractivity contribution in [3.8, 4) is 5.75 Å². The van der Waals surface area contributed by atoms with Gasteiger partial charge in [0.05, 0.1) is 0 Å². The molecule has 0 aliphatic carbocycles. The van der Waals surface area contributed by atoms with Gasteiger partial charge in [0, 0.05) is 0 Å². The molecule has 2 N–H and O–H groups in total. The number of carbonyl (C=O) groups is 2. The molecule has 0 saturated carbocycles. The maximum atomic E-state index is 12.7. The number of benzene rings is 1. The van der Waals surface area contributed by atoms with E-state index in [0.29, 0.717) is 30.7 Å². The molecule has 0 spiro atoms. The van der Waals surface area contributed by atoms with Crippen LogP contribution in [-0.4, -0.2) is 57.5 Å². The first-order valence-electron chi connectivity index (χ1n) is 15.0. The summed E-state index contributed by atoms with van der Waals surface area (Å²) in [6.07, 6.45) is 11.0. The van der Waals surface area contributed by atoms with Crippen LogP contribution in [0, 0.1) is 0 Å². The Bertz CT molecular complexity index is 1250. The summed E-state index contributed by atoms with van der Waals surface area (Å²) in [5.41, 5.74) is 3.29. The summed E-state index contributed by atoms with van der Waals surface area (Å²) in [7, 11) is -2.05. The van der Waals surface area contributed by atoms with E-state index in [2.05, 4.69) is 21.9 Å². The Hall–Kier alpha value is -2.66. The first kappa shape index (κ1) is 32.9. The van der Waals surface area contributed by atoms with E-state index in [-0.39, 0.29) is 18.4 Å². The number of hydrogen-bond donors (Lipinski definition) is 2. The van der Waals surface area contributed by atoms with Gasteiger partial charge in [0.15, 0.2) is 0 Å². The number of nitrogens with one attached hydrogen (secondary N) is 2. The van der Waals surface area contributed by atoms with Crippen LogP contribution in [0.3, 0.4) is 0 Å². The molecule has 2 aromatic rings. The molecule has 41 heavy (non-hydrogen) atoms. The van der Waals surface area contributed by atoms with Gasteiger partial charge in [0.2, 0.25) is 0 Å². The number of sulfonamides is 1. The van der Waals surface area contributed by atoms with E-state index in [1.807, 2.05) is 25.1 Å². The standard InChI is InChI=1S/C30H46BN3O6S/c1-5-6-7-8-9-10-17-32-30(36)26-21-40-29(31-26)27-12-11-18-34(27)20-24-19-25(39-4)15-13-23(24)14-16-28(35)33-41(37,38)22(2)3/h13,15,19,21-22,27H,5-12,14,16-18,20H2,1-4H3,(H,32,36)(H,33,35)/t27-/m0/s1. The second-order valence-corrected chi connectivity index (χ2v) is 13.4. The topological polar surface area (TPSA) is 118 Å². The van der Waals surface area contributed by atoms with Crippen molar-refractivity contribution in [2.45, 2.75) is 103 Å². The van der Waals surface area contributed by atoms with E-state index in [9.17, 15) is 18.0 Å². The van der Waals surface area contributed by atoms with E-state index in [1.54, 1.807) is 13.4 Å². The fourth-order valence-electron chi connectivity index (χ4n) is 5.11. The number of rotatable bonds is 17. The Morgan fingerprint density at radius 3 is 2.63 bits per heavy atom. The van der Waals surface area contributed by atoms with E-state index >= 15 is 0 Å². The molecule has 2 amide bonds. The monoisotopic (exact) mass is 587 g/mol. The molecule has 1 fully saturated rings. The molecule has 1 aliphatic heterocycles. The molecule has 1 saturated heterocycles. The number of nitrogens with zero attached hydrogens (tertiary/aromatic N) is 1. The second-order valence-electron chi connectivity index (χ2n) is 11.1. The van der Waals surface area contributed by atoms with Gasteiger partial charge in [-0.25, -0.2) is 0 Å². The zero-order valence-electron chi connectivity index (χ0n) is 25.0. The SMILES string of the molecule is CCCCCCCCNC(=O)c1bc([C@@H]2CCCN2Cc2cc(OC)ccc2CCC(=O)NS(=O)(=O)C(C)C)oc1. The number of amides is 2. The van der Waals surface area contributed by atoms with Crippen molar-refractivity contribution in [2.75, 3.05) is 20.2 Å². The third-order valence-electron chi connectivity index (χ3n) is 7.67. The summed E-state index contributed by atoms with van der Waals surface area (Å²) in [6.45, 7) is 9.28. The van der Waals surface area contributed by atoms with E-state index in [4.69, 9.17) is 9.15 Å². The van der Waals surface area contributed by atoms with E-state index in [0.717, 1.165) is 49.0 Å².